The Morgan fingerprint density at radius 3 is 2.80 bits per heavy atom. The normalized spacial score (nSPS) is 17.6. The number of nitrogens with zero attached hydrogens (tertiary/aromatic N) is 3. The molecule has 8 heteroatoms. The number of piperidine rings is 1. The van der Waals surface area contributed by atoms with Crippen LogP contribution >= 0.6 is 11.6 Å². The van der Waals surface area contributed by atoms with E-state index in [0.717, 1.165) is 30.7 Å². The van der Waals surface area contributed by atoms with Gasteiger partial charge in [0.25, 0.3) is 0 Å². The van der Waals surface area contributed by atoms with Gasteiger partial charge in [0.15, 0.2) is 0 Å². The minimum Gasteiger partial charge on any atom is -0.375 e. The zero-order valence-corrected chi connectivity index (χ0v) is 15.9. The summed E-state index contributed by atoms with van der Waals surface area (Å²) in [7, 11) is 1.50. The zero-order valence-electron chi connectivity index (χ0n) is 15.2. The van der Waals surface area contributed by atoms with Crippen molar-refractivity contribution in [3.05, 3.63) is 16.4 Å². The van der Waals surface area contributed by atoms with Crippen LogP contribution in [0.1, 0.15) is 30.7 Å². The van der Waals surface area contributed by atoms with Crippen LogP contribution in [0.3, 0.4) is 0 Å². The molecule has 0 radical (unpaired) electrons. The number of amides is 2. The number of aryl methyl sites for hydroxylation is 2. The number of nitrogens with one attached hydrogen (secondary N) is 1. The molecule has 2 heterocycles. The van der Waals surface area contributed by atoms with Gasteiger partial charge in [0.2, 0.25) is 11.8 Å². The van der Waals surface area contributed by atoms with E-state index in [-0.39, 0.29) is 24.3 Å². The number of methoxy groups -OCH3 is 1. The van der Waals surface area contributed by atoms with Gasteiger partial charge in [-0.05, 0) is 33.1 Å². The van der Waals surface area contributed by atoms with Gasteiger partial charge in [-0.1, -0.05) is 11.6 Å². The topological polar surface area (TPSA) is 76.5 Å². The van der Waals surface area contributed by atoms with Gasteiger partial charge in [-0.3, -0.25) is 14.3 Å². The molecule has 0 bridgehead atoms. The number of hydrogen-bond donors (Lipinski definition) is 1. The number of halogens is 1. The van der Waals surface area contributed by atoms with E-state index in [4.69, 9.17) is 16.3 Å². The predicted molar refractivity (Wildman–Crippen MR) is 95.5 cm³/mol. The van der Waals surface area contributed by atoms with Gasteiger partial charge in [0, 0.05) is 33.3 Å². The molecule has 140 valence electrons. The third kappa shape index (κ3) is 5.19. The summed E-state index contributed by atoms with van der Waals surface area (Å²) >= 11 is 6.13. The lowest BCUT2D eigenvalue weighted by Crippen LogP contribution is -2.46. The quantitative estimate of drug-likeness (QED) is 0.739. The summed E-state index contributed by atoms with van der Waals surface area (Å²) in [5, 5.41) is 8.05. The summed E-state index contributed by atoms with van der Waals surface area (Å²) in [4.78, 5) is 25.9. The van der Waals surface area contributed by atoms with E-state index in [1.807, 2.05) is 18.5 Å². The fourth-order valence-corrected chi connectivity index (χ4v) is 3.25. The van der Waals surface area contributed by atoms with Crippen molar-refractivity contribution < 1.29 is 14.3 Å². The SMILES string of the molecule is COCC(=O)N1CCC[C@@H](C(=O)NCCCn2nc(C)c(Cl)c2C)C1. The molecule has 0 spiro atoms. The molecule has 7 nitrogen and oxygen atoms in total. The molecule has 1 aliphatic heterocycles. The van der Waals surface area contributed by atoms with Crippen LogP contribution in [-0.4, -0.2) is 59.8 Å². The molecule has 2 rings (SSSR count). The van der Waals surface area contributed by atoms with E-state index in [1.165, 1.54) is 7.11 Å². The Kier molecular flexibility index (Phi) is 7.25. The van der Waals surface area contributed by atoms with Crippen LogP contribution in [0.2, 0.25) is 5.02 Å². The Bertz CT molecular complexity index is 617. The average Bonchev–Trinajstić information content (AvgIpc) is 2.86. The number of aromatic nitrogens is 2. The summed E-state index contributed by atoms with van der Waals surface area (Å²) in [5.74, 6) is -0.180. The van der Waals surface area contributed by atoms with Crippen molar-refractivity contribution in [2.24, 2.45) is 5.92 Å². The zero-order chi connectivity index (χ0) is 18.4. The first-order valence-corrected chi connectivity index (χ1v) is 9.05. The predicted octanol–water partition coefficient (Wildman–Crippen LogP) is 1.54. The molecule has 0 saturated carbocycles. The number of rotatable bonds is 7. The van der Waals surface area contributed by atoms with E-state index >= 15 is 0 Å². The van der Waals surface area contributed by atoms with Gasteiger partial charge >= 0.3 is 0 Å². The maximum atomic E-state index is 12.3. The Morgan fingerprint density at radius 2 is 2.16 bits per heavy atom. The number of likely N-dealkylation sites (tertiary alicyclic amines) is 1. The van der Waals surface area contributed by atoms with Crippen molar-refractivity contribution in [2.45, 2.75) is 39.7 Å². The van der Waals surface area contributed by atoms with Gasteiger partial charge in [0.05, 0.1) is 22.3 Å². The third-order valence-corrected chi connectivity index (χ3v) is 5.10. The molecular formula is C17H27ClN4O3. The molecule has 1 N–H and O–H groups in total. The fraction of sp³-hybridized carbons (Fsp3) is 0.706. The smallest absolute Gasteiger partial charge is 0.248 e. The lowest BCUT2D eigenvalue weighted by molar-refractivity contribution is -0.138. The highest BCUT2D eigenvalue weighted by molar-refractivity contribution is 6.31. The van der Waals surface area contributed by atoms with E-state index in [1.54, 1.807) is 4.90 Å². The van der Waals surface area contributed by atoms with E-state index in [2.05, 4.69) is 10.4 Å². The molecule has 0 unspecified atom stereocenters. The largest absolute Gasteiger partial charge is 0.375 e. The minimum atomic E-state index is -0.141. The first kappa shape index (κ1) is 19.7. The number of hydrogen-bond acceptors (Lipinski definition) is 4. The molecule has 1 saturated heterocycles. The standard InChI is InChI=1S/C17H27ClN4O3/c1-12-16(18)13(2)22(20-12)9-5-7-19-17(24)14-6-4-8-21(10-14)15(23)11-25-3/h14H,4-11H2,1-3H3,(H,19,24)/t14-/m1/s1. The van der Waals surface area contributed by atoms with E-state index < -0.39 is 0 Å². The van der Waals surface area contributed by atoms with Crippen molar-refractivity contribution in [1.29, 1.82) is 0 Å². The highest BCUT2D eigenvalue weighted by atomic mass is 35.5. The molecule has 2 amide bonds. The molecular weight excluding hydrogens is 344 g/mol. The van der Waals surface area contributed by atoms with Crippen molar-refractivity contribution in [3.63, 3.8) is 0 Å². The first-order valence-electron chi connectivity index (χ1n) is 8.68. The molecule has 0 aliphatic carbocycles. The van der Waals surface area contributed by atoms with Crippen LogP contribution < -0.4 is 5.32 Å². The highest BCUT2D eigenvalue weighted by Gasteiger charge is 2.27. The second kappa shape index (κ2) is 9.20. The Balaban J connectivity index is 1.74. The Labute approximate surface area is 153 Å². The van der Waals surface area contributed by atoms with Crippen LogP contribution in [0, 0.1) is 19.8 Å². The van der Waals surface area contributed by atoms with Gasteiger partial charge < -0.3 is 15.0 Å². The van der Waals surface area contributed by atoms with Crippen LogP contribution in [0.5, 0.6) is 0 Å². The maximum absolute atomic E-state index is 12.3. The van der Waals surface area contributed by atoms with Crippen molar-refractivity contribution in [1.82, 2.24) is 20.0 Å². The second-order valence-corrected chi connectivity index (χ2v) is 6.84. The van der Waals surface area contributed by atoms with Gasteiger partial charge in [-0.15, -0.1) is 0 Å². The molecule has 1 aromatic heterocycles. The number of ether oxygens (including phenoxy) is 1. The van der Waals surface area contributed by atoms with Crippen molar-refractivity contribution in [2.75, 3.05) is 33.4 Å². The molecule has 25 heavy (non-hydrogen) atoms. The molecule has 1 aliphatic rings. The van der Waals surface area contributed by atoms with Crippen molar-refractivity contribution >= 4 is 23.4 Å². The maximum Gasteiger partial charge on any atom is 0.248 e. The van der Waals surface area contributed by atoms with Crippen LogP contribution in [0.4, 0.5) is 0 Å². The summed E-state index contributed by atoms with van der Waals surface area (Å²) in [6, 6.07) is 0. The average molecular weight is 371 g/mol. The second-order valence-electron chi connectivity index (χ2n) is 6.46. The molecule has 1 fully saturated rings. The van der Waals surface area contributed by atoms with Gasteiger partial charge in [-0.2, -0.15) is 5.10 Å². The first-order chi connectivity index (χ1) is 11.9. The monoisotopic (exact) mass is 370 g/mol. The van der Waals surface area contributed by atoms with Crippen LogP contribution in [0.25, 0.3) is 0 Å². The lowest BCUT2D eigenvalue weighted by atomic mass is 9.97. The summed E-state index contributed by atoms with van der Waals surface area (Å²) < 4.78 is 6.75. The third-order valence-electron chi connectivity index (χ3n) is 4.55. The summed E-state index contributed by atoms with van der Waals surface area (Å²) in [5.41, 5.74) is 1.77. The van der Waals surface area contributed by atoms with Crippen LogP contribution in [0.15, 0.2) is 0 Å². The van der Waals surface area contributed by atoms with Gasteiger partial charge in [-0.25, -0.2) is 0 Å². The van der Waals surface area contributed by atoms with Crippen LogP contribution in [-0.2, 0) is 20.9 Å². The van der Waals surface area contributed by atoms with E-state index in [9.17, 15) is 9.59 Å². The molecule has 1 atom stereocenters. The Morgan fingerprint density at radius 1 is 1.40 bits per heavy atom. The minimum absolute atomic E-state index is 0.0151. The fourth-order valence-electron chi connectivity index (χ4n) is 3.11. The van der Waals surface area contributed by atoms with Gasteiger partial charge in [0.1, 0.15) is 6.61 Å². The molecule has 1 aromatic rings. The summed E-state index contributed by atoms with van der Waals surface area (Å²) in [6.45, 7) is 6.35. The molecule has 0 aromatic carbocycles. The Hall–Kier alpha value is -1.60. The number of carbonyl (C=O) groups is 2. The number of carbonyl (C=O) groups excluding carboxylic acids is 2. The van der Waals surface area contributed by atoms with Crippen molar-refractivity contribution in [3.8, 4) is 0 Å². The highest BCUT2D eigenvalue weighted by Crippen LogP contribution is 2.19. The lowest BCUT2D eigenvalue weighted by Gasteiger charge is -2.31. The summed E-state index contributed by atoms with van der Waals surface area (Å²) in [6.07, 6.45) is 2.44. The van der Waals surface area contributed by atoms with E-state index in [0.29, 0.717) is 31.2 Å².